The van der Waals surface area contributed by atoms with Gasteiger partial charge in [0.25, 0.3) is 5.69 Å². The van der Waals surface area contributed by atoms with Crippen LogP contribution in [0.3, 0.4) is 0 Å². The van der Waals surface area contributed by atoms with Gasteiger partial charge in [0, 0.05) is 23.4 Å². The molecule has 0 aliphatic carbocycles. The van der Waals surface area contributed by atoms with Gasteiger partial charge >= 0.3 is 0 Å². The molecule has 6 heteroatoms. The molecule has 2 aromatic rings. The summed E-state index contributed by atoms with van der Waals surface area (Å²) in [5.74, 6) is 0.147. The average molecular weight is 282 g/mol. The van der Waals surface area contributed by atoms with Crippen LogP contribution < -0.4 is 5.73 Å². The first-order chi connectivity index (χ1) is 9.99. The lowest BCUT2D eigenvalue weighted by atomic mass is 9.93. The molecule has 0 bridgehead atoms. The van der Waals surface area contributed by atoms with Crippen molar-refractivity contribution in [3.63, 3.8) is 0 Å². The van der Waals surface area contributed by atoms with E-state index in [-0.39, 0.29) is 17.1 Å². The number of nitrogens with zero attached hydrogens (tertiary/aromatic N) is 3. The summed E-state index contributed by atoms with van der Waals surface area (Å²) in [4.78, 5) is 14.7. The molecular weight excluding hydrogens is 268 g/mol. The van der Waals surface area contributed by atoms with Crippen LogP contribution in [0.5, 0.6) is 0 Å². The van der Waals surface area contributed by atoms with Crippen molar-refractivity contribution < 1.29 is 4.92 Å². The Morgan fingerprint density at radius 2 is 2.19 bits per heavy atom. The van der Waals surface area contributed by atoms with Crippen LogP contribution in [0.4, 0.5) is 11.5 Å². The summed E-state index contributed by atoms with van der Waals surface area (Å²) in [6.07, 6.45) is 0.659. The van der Waals surface area contributed by atoms with E-state index in [1.165, 1.54) is 12.1 Å². The molecule has 0 fully saturated rings. The van der Waals surface area contributed by atoms with E-state index in [0.717, 1.165) is 11.3 Å². The van der Waals surface area contributed by atoms with Crippen LogP contribution in [0.25, 0.3) is 11.1 Å². The van der Waals surface area contributed by atoms with E-state index in [1.54, 1.807) is 12.1 Å². The van der Waals surface area contributed by atoms with Crippen LogP contribution in [-0.2, 0) is 6.42 Å². The van der Waals surface area contributed by atoms with Crippen molar-refractivity contribution in [2.24, 2.45) is 0 Å². The summed E-state index contributed by atoms with van der Waals surface area (Å²) in [5.41, 5.74) is 8.91. The fourth-order valence-electron chi connectivity index (χ4n) is 2.40. The zero-order valence-electron chi connectivity index (χ0n) is 11.8. The van der Waals surface area contributed by atoms with Crippen molar-refractivity contribution in [2.75, 3.05) is 5.73 Å². The van der Waals surface area contributed by atoms with Crippen molar-refractivity contribution in [3.05, 3.63) is 51.2 Å². The van der Waals surface area contributed by atoms with Crippen LogP contribution in [-0.4, -0.2) is 9.91 Å². The quantitative estimate of drug-likeness (QED) is 0.688. The third-order valence-electron chi connectivity index (χ3n) is 3.34. The minimum Gasteiger partial charge on any atom is -0.383 e. The van der Waals surface area contributed by atoms with E-state index >= 15 is 0 Å². The molecule has 0 spiro atoms. The third-order valence-corrected chi connectivity index (χ3v) is 3.34. The van der Waals surface area contributed by atoms with Crippen LogP contribution in [0.2, 0.25) is 0 Å². The van der Waals surface area contributed by atoms with Gasteiger partial charge in [-0.3, -0.25) is 10.1 Å². The molecule has 6 nitrogen and oxygen atoms in total. The summed E-state index contributed by atoms with van der Waals surface area (Å²) >= 11 is 0. The van der Waals surface area contributed by atoms with Crippen LogP contribution in [0.15, 0.2) is 24.3 Å². The molecule has 0 aliphatic heterocycles. The maximum atomic E-state index is 10.9. The molecule has 2 rings (SSSR count). The molecule has 0 atom stereocenters. The maximum Gasteiger partial charge on any atom is 0.270 e. The number of nitrogens with two attached hydrogens (primary N) is 1. The summed E-state index contributed by atoms with van der Waals surface area (Å²) in [7, 11) is 0. The fraction of sp³-hybridized carbons (Fsp3) is 0.200. The minimum atomic E-state index is -0.460. The number of pyridine rings is 1. The van der Waals surface area contributed by atoms with Gasteiger partial charge in [-0.15, -0.1) is 0 Å². The monoisotopic (exact) mass is 282 g/mol. The summed E-state index contributed by atoms with van der Waals surface area (Å²) < 4.78 is 0. The van der Waals surface area contributed by atoms with E-state index in [1.807, 2.05) is 13.8 Å². The van der Waals surface area contributed by atoms with Crippen molar-refractivity contribution in [3.8, 4) is 17.2 Å². The molecule has 2 N–H and O–H groups in total. The lowest BCUT2D eigenvalue weighted by Gasteiger charge is -2.14. The Morgan fingerprint density at radius 3 is 2.76 bits per heavy atom. The molecule has 0 amide bonds. The van der Waals surface area contributed by atoms with Gasteiger partial charge in [0.15, 0.2) is 0 Å². The first kappa shape index (κ1) is 14.5. The van der Waals surface area contributed by atoms with E-state index in [0.29, 0.717) is 17.5 Å². The number of non-ortho nitro benzene ring substituents is 1. The molecule has 1 aromatic heterocycles. The van der Waals surface area contributed by atoms with Gasteiger partial charge in [0.05, 0.1) is 4.92 Å². The Morgan fingerprint density at radius 1 is 1.48 bits per heavy atom. The van der Waals surface area contributed by atoms with Crippen molar-refractivity contribution in [1.82, 2.24) is 4.98 Å². The van der Waals surface area contributed by atoms with Crippen LogP contribution >= 0.6 is 0 Å². The van der Waals surface area contributed by atoms with Crippen LogP contribution in [0, 0.1) is 28.4 Å². The molecule has 0 aliphatic rings. The number of nitrogen functional groups attached to an aromatic ring is 1. The predicted octanol–water partition coefficient (Wildman–Crippen LogP) is 2.98. The Hall–Kier alpha value is -2.94. The number of rotatable bonds is 3. The molecule has 0 saturated carbocycles. The Labute approximate surface area is 122 Å². The molecule has 0 saturated heterocycles. The molecule has 21 heavy (non-hydrogen) atoms. The maximum absolute atomic E-state index is 10.9. The lowest BCUT2D eigenvalue weighted by Crippen LogP contribution is -2.05. The topological polar surface area (TPSA) is 106 Å². The number of nitro benzene ring substituents is 1. The number of aryl methyl sites for hydroxylation is 1. The first-order valence-corrected chi connectivity index (χ1v) is 6.43. The van der Waals surface area contributed by atoms with Crippen molar-refractivity contribution in [1.29, 1.82) is 5.26 Å². The normalized spacial score (nSPS) is 10.1. The summed E-state index contributed by atoms with van der Waals surface area (Å²) in [5, 5.41) is 20.3. The number of hydrogen-bond acceptors (Lipinski definition) is 5. The standard InChI is InChI=1S/C15H14N4O2/c1-3-12-9(2)18-15(17)13(8-16)14(12)10-5-4-6-11(7-10)19(20)21/h4-7H,3H2,1-2H3,(H2,17,18). The second kappa shape index (κ2) is 5.59. The Bertz CT molecular complexity index is 763. The second-order valence-corrected chi connectivity index (χ2v) is 4.58. The molecule has 1 aromatic carbocycles. The van der Waals surface area contributed by atoms with Gasteiger partial charge in [0.1, 0.15) is 17.5 Å². The van der Waals surface area contributed by atoms with Gasteiger partial charge in [0.2, 0.25) is 0 Å². The minimum absolute atomic E-state index is 0.0218. The largest absolute Gasteiger partial charge is 0.383 e. The zero-order valence-corrected chi connectivity index (χ0v) is 11.8. The van der Waals surface area contributed by atoms with E-state index in [4.69, 9.17) is 5.73 Å². The molecule has 1 heterocycles. The van der Waals surface area contributed by atoms with Gasteiger partial charge in [-0.05, 0) is 24.5 Å². The smallest absolute Gasteiger partial charge is 0.270 e. The summed E-state index contributed by atoms with van der Waals surface area (Å²) in [6.45, 7) is 3.76. The van der Waals surface area contributed by atoms with E-state index in [2.05, 4.69) is 11.1 Å². The van der Waals surface area contributed by atoms with Crippen LogP contribution in [0.1, 0.15) is 23.7 Å². The Kier molecular flexibility index (Phi) is 3.85. The molecule has 106 valence electrons. The highest BCUT2D eigenvalue weighted by Crippen LogP contribution is 2.33. The number of benzene rings is 1. The molecule has 0 radical (unpaired) electrons. The van der Waals surface area contributed by atoms with Crippen molar-refractivity contribution >= 4 is 11.5 Å². The third kappa shape index (κ3) is 2.54. The summed E-state index contributed by atoms with van der Waals surface area (Å²) in [6, 6.07) is 8.26. The van der Waals surface area contributed by atoms with E-state index in [9.17, 15) is 15.4 Å². The highest BCUT2D eigenvalue weighted by atomic mass is 16.6. The highest BCUT2D eigenvalue weighted by Gasteiger charge is 2.18. The predicted molar refractivity (Wildman–Crippen MR) is 79.6 cm³/mol. The SMILES string of the molecule is CCc1c(C)nc(N)c(C#N)c1-c1cccc([N+](=O)[O-])c1. The highest BCUT2D eigenvalue weighted by molar-refractivity contribution is 5.80. The molecule has 0 unspecified atom stereocenters. The number of hydrogen-bond donors (Lipinski definition) is 1. The molecular formula is C15H14N4O2. The number of nitro groups is 1. The number of nitriles is 1. The van der Waals surface area contributed by atoms with E-state index < -0.39 is 4.92 Å². The second-order valence-electron chi connectivity index (χ2n) is 4.58. The van der Waals surface area contributed by atoms with Gasteiger partial charge < -0.3 is 5.73 Å². The number of anilines is 1. The lowest BCUT2D eigenvalue weighted by molar-refractivity contribution is -0.384. The van der Waals surface area contributed by atoms with Gasteiger partial charge in [-0.2, -0.15) is 5.26 Å². The fourth-order valence-corrected chi connectivity index (χ4v) is 2.40. The van der Waals surface area contributed by atoms with Gasteiger partial charge in [-0.1, -0.05) is 19.1 Å². The Balaban J connectivity index is 2.82. The number of aromatic nitrogens is 1. The first-order valence-electron chi connectivity index (χ1n) is 6.43. The van der Waals surface area contributed by atoms with Gasteiger partial charge in [-0.25, -0.2) is 4.98 Å². The zero-order chi connectivity index (χ0) is 15.6. The van der Waals surface area contributed by atoms with Crippen molar-refractivity contribution in [2.45, 2.75) is 20.3 Å². The average Bonchev–Trinajstić information content (AvgIpc) is 2.46.